The van der Waals surface area contributed by atoms with Crippen molar-refractivity contribution in [3.8, 4) is 0 Å². The summed E-state index contributed by atoms with van der Waals surface area (Å²) in [5.74, 6) is 2.58. The number of halogens is 4. The maximum absolute atomic E-state index is 12.4. The Kier molecular flexibility index (Phi) is 11.1. The number of thioether (sulfide) groups is 1. The first kappa shape index (κ1) is 25.1. The second kappa shape index (κ2) is 11.9. The highest BCUT2D eigenvalue weighted by molar-refractivity contribution is 14.0. The van der Waals surface area contributed by atoms with Crippen LogP contribution in [0.25, 0.3) is 0 Å². The Balaban J connectivity index is 0.00000364. The first-order chi connectivity index (χ1) is 12.3. The monoisotopic (exact) mass is 522 g/mol. The van der Waals surface area contributed by atoms with E-state index in [1.54, 1.807) is 0 Å². The predicted molar refractivity (Wildman–Crippen MR) is 119 cm³/mol. The molecule has 0 saturated carbocycles. The highest BCUT2D eigenvalue weighted by atomic mass is 127. The molecule has 2 aliphatic rings. The number of nitrogens with one attached hydrogen (secondary N) is 2. The van der Waals surface area contributed by atoms with Gasteiger partial charge in [-0.2, -0.15) is 24.9 Å². The maximum Gasteiger partial charge on any atom is 0.401 e. The van der Waals surface area contributed by atoms with E-state index >= 15 is 0 Å². The molecule has 2 rings (SSSR count). The zero-order valence-electron chi connectivity index (χ0n) is 16.4. The fourth-order valence-corrected chi connectivity index (χ4v) is 4.86. The van der Waals surface area contributed by atoms with Gasteiger partial charge in [-0.05, 0) is 70.7 Å². The molecule has 2 saturated heterocycles. The number of piperidine rings is 1. The lowest BCUT2D eigenvalue weighted by Gasteiger charge is -2.32. The summed E-state index contributed by atoms with van der Waals surface area (Å²) in [4.78, 5) is 6.27. The zero-order chi connectivity index (χ0) is 19.0. The average molecular weight is 522 g/mol. The van der Waals surface area contributed by atoms with Gasteiger partial charge in [-0.15, -0.1) is 24.0 Å². The second-order valence-electron chi connectivity index (χ2n) is 7.65. The van der Waals surface area contributed by atoms with Crippen molar-refractivity contribution in [2.75, 3.05) is 45.0 Å². The minimum atomic E-state index is -4.08. The number of nitrogens with zero attached hydrogens (tertiary/aromatic N) is 2. The smallest absolute Gasteiger partial charge is 0.357 e. The lowest BCUT2D eigenvalue weighted by Crippen LogP contribution is -2.42. The van der Waals surface area contributed by atoms with E-state index in [-0.39, 0.29) is 28.7 Å². The lowest BCUT2D eigenvalue weighted by molar-refractivity contribution is -0.148. The van der Waals surface area contributed by atoms with Crippen molar-refractivity contribution in [3.63, 3.8) is 0 Å². The summed E-state index contributed by atoms with van der Waals surface area (Å²) >= 11 is 2.01. The lowest BCUT2D eigenvalue weighted by atomic mass is 9.93. The third kappa shape index (κ3) is 9.92. The maximum atomic E-state index is 12.4. The number of hydrogen-bond acceptors (Lipinski definition) is 3. The van der Waals surface area contributed by atoms with Crippen LogP contribution in [0.1, 0.15) is 46.0 Å². The minimum Gasteiger partial charge on any atom is -0.357 e. The first-order valence-corrected chi connectivity index (χ1v) is 10.7. The van der Waals surface area contributed by atoms with Gasteiger partial charge in [-0.1, -0.05) is 0 Å². The number of hydrogen-bond donors (Lipinski definition) is 2. The molecule has 4 nitrogen and oxygen atoms in total. The van der Waals surface area contributed by atoms with Gasteiger partial charge in [0.15, 0.2) is 5.96 Å². The van der Waals surface area contributed by atoms with Gasteiger partial charge in [-0.25, -0.2) is 0 Å². The van der Waals surface area contributed by atoms with Crippen LogP contribution in [0.15, 0.2) is 4.99 Å². The normalized spacial score (nSPS) is 25.3. The van der Waals surface area contributed by atoms with Crippen LogP contribution in [0, 0.1) is 5.92 Å². The molecule has 0 aliphatic carbocycles. The van der Waals surface area contributed by atoms with E-state index in [1.165, 1.54) is 23.5 Å². The number of guanidine groups is 1. The molecular weight excluding hydrogens is 488 g/mol. The van der Waals surface area contributed by atoms with Gasteiger partial charge < -0.3 is 10.6 Å². The van der Waals surface area contributed by atoms with E-state index in [4.69, 9.17) is 4.99 Å². The Bertz CT molecular complexity index is 448. The van der Waals surface area contributed by atoms with E-state index in [1.807, 2.05) is 11.8 Å². The Hall–Kier alpha value is 0.1000. The average Bonchev–Trinajstić information content (AvgIpc) is 3.00. The van der Waals surface area contributed by atoms with Crippen LogP contribution in [0.4, 0.5) is 13.2 Å². The molecule has 0 aromatic rings. The highest BCUT2D eigenvalue weighted by Crippen LogP contribution is 2.37. The molecule has 0 aromatic heterocycles. The van der Waals surface area contributed by atoms with Crippen molar-refractivity contribution < 1.29 is 13.2 Å². The number of aliphatic imine (C=N–C) groups is 1. The van der Waals surface area contributed by atoms with Gasteiger partial charge in [0, 0.05) is 17.8 Å². The van der Waals surface area contributed by atoms with E-state index in [0.29, 0.717) is 19.0 Å². The van der Waals surface area contributed by atoms with Crippen LogP contribution in [0.2, 0.25) is 0 Å². The standard InChI is InChI=1S/C18H33F3N4S.HI/c1-3-22-16(24-13-17(2)8-4-12-26-17)23-9-5-15-6-10-25(11-7-15)14-18(19,20)21;/h15H,3-14H2,1-2H3,(H2,22,23,24);1H. The second-order valence-corrected chi connectivity index (χ2v) is 9.33. The molecule has 2 heterocycles. The largest absolute Gasteiger partial charge is 0.401 e. The van der Waals surface area contributed by atoms with Crippen LogP contribution >= 0.6 is 35.7 Å². The first-order valence-electron chi connectivity index (χ1n) is 9.75. The van der Waals surface area contributed by atoms with Crippen molar-refractivity contribution in [3.05, 3.63) is 0 Å². The summed E-state index contributed by atoms with van der Waals surface area (Å²) in [5, 5.41) is 6.69. The molecule has 160 valence electrons. The molecule has 27 heavy (non-hydrogen) atoms. The summed E-state index contributed by atoms with van der Waals surface area (Å²) in [5.41, 5.74) is 0. The summed E-state index contributed by atoms with van der Waals surface area (Å²) in [6.45, 7) is 7.13. The molecule has 1 atom stereocenters. The Morgan fingerprint density at radius 2 is 1.96 bits per heavy atom. The molecule has 0 aromatic carbocycles. The van der Waals surface area contributed by atoms with E-state index in [2.05, 4.69) is 24.5 Å². The quantitative estimate of drug-likeness (QED) is 0.300. The highest BCUT2D eigenvalue weighted by Gasteiger charge is 2.32. The fourth-order valence-electron chi connectivity index (χ4n) is 3.63. The number of rotatable bonds is 7. The SMILES string of the molecule is CCNC(=NCC1(C)CCCS1)NCCC1CCN(CC(F)(F)F)CC1.I. The summed E-state index contributed by atoms with van der Waals surface area (Å²) in [6, 6.07) is 0. The van der Waals surface area contributed by atoms with Crippen LogP contribution in [0.3, 0.4) is 0 Å². The summed E-state index contributed by atoms with van der Waals surface area (Å²) < 4.78 is 37.6. The number of likely N-dealkylation sites (tertiary alicyclic amines) is 1. The van der Waals surface area contributed by atoms with Crippen molar-refractivity contribution >= 4 is 41.7 Å². The van der Waals surface area contributed by atoms with Crippen LogP contribution in [0.5, 0.6) is 0 Å². The van der Waals surface area contributed by atoms with Gasteiger partial charge in [-0.3, -0.25) is 9.89 Å². The summed E-state index contributed by atoms with van der Waals surface area (Å²) in [6.07, 6.45) is 1.08. The third-order valence-corrected chi connectivity index (χ3v) is 6.69. The Morgan fingerprint density at radius 1 is 1.26 bits per heavy atom. The number of alkyl halides is 3. The zero-order valence-corrected chi connectivity index (χ0v) is 19.6. The Labute approximate surface area is 182 Å². The molecule has 0 radical (unpaired) electrons. The summed E-state index contributed by atoms with van der Waals surface area (Å²) in [7, 11) is 0. The fraction of sp³-hybridized carbons (Fsp3) is 0.944. The van der Waals surface area contributed by atoms with Gasteiger partial charge in [0.05, 0.1) is 13.1 Å². The van der Waals surface area contributed by atoms with E-state index in [0.717, 1.165) is 44.9 Å². The van der Waals surface area contributed by atoms with Crippen molar-refractivity contribution in [1.82, 2.24) is 15.5 Å². The van der Waals surface area contributed by atoms with Gasteiger partial charge in [0.2, 0.25) is 0 Å². The third-order valence-electron chi connectivity index (χ3n) is 5.17. The molecule has 0 amide bonds. The van der Waals surface area contributed by atoms with E-state index < -0.39 is 12.7 Å². The van der Waals surface area contributed by atoms with E-state index in [9.17, 15) is 13.2 Å². The molecule has 9 heteroatoms. The van der Waals surface area contributed by atoms with Crippen molar-refractivity contribution in [2.24, 2.45) is 10.9 Å². The molecule has 0 spiro atoms. The van der Waals surface area contributed by atoms with Gasteiger partial charge >= 0.3 is 6.18 Å². The topological polar surface area (TPSA) is 39.7 Å². The van der Waals surface area contributed by atoms with Crippen molar-refractivity contribution in [2.45, 2.75) is 56.9 Å². The molecule has 0 bridgehead atoms. The van der Waals surface area contributed by atoms with Gasteiger partial charge in [0.1, 0.15) is 0 Å². The molecule has 1 unspecified atom stereocenters. The molecule has 2 fully saturated rings. The molecular formula is C18H34F3IN4S. The van der Waals surface area contributed by atoms with Crippen LogP contribution in [-0.4, -0.2) is 66.8 Å². The molecule has 2 N–H and O–H groups in total. The predicted octanol–water partition coefficient (Wildman–Crippen LogP) is 4.11. The van der Waals surface area contributed by atoms with Crippen molar-refractivity contribution in [1.29, 1.82) is 0 Å². The van der Waals surface area contributed by atoms with Crippen LogP contribution in [-0.2, 0) is 0 Å². The van der Waals surface area contributed by atoms with Gasteiger partial charge in [0.25, 0.3) is 0 Å². The van der Waals surface area contributed by atoms with Crippen LogP contribution < -0.4 is 10.6 Å². The Morgan fingerprint density at radius 3 is 2.52 bits per heavy atom. The molecule has 2 aliphatic heterocycles. The minimum absolute atomic E-state index is 0.